The predicted molar refractivity (Wildman–Crippen MR) is 60.1 cm³/mol. The number of aliphatic imine (C=N–C) groups is 1. The monoisotopic (exact) mass is 184 g/mol. The number of hydrogen-bond acceptors (Lipinski definition) is 1. The molecule has 0 aromatic carbocycles. The van der Waals surface area contributed by atoms with E-state index in [0.717, 1.165) is 5.84 Å². The van der Waals surface area contributed by atoms with Gasteiger partial charge in [0.15, 0.2) is 0 Å². The van der Waals surface area contributed by atoms with Gasteiger partial charge in [0.2, 0.25) is 0 Å². The molecule has 2 heteroatoms. The molecule has 13 heavy (non-hydrogen) atoms. The maximum absolute atomic E-state index is 5.77. The Bertz CT molecular complexity index is 133. The zero-order valence-corrected chi connectivity index (χ0v) is 9.34. The summed E-state index contributed by atoms with van der Waals surface area (Å²) in [5.74, 6) is 1.45. The van der Waals surface area contributed by atoms with Gasteiger partial charge in [0.05, 0.1) is 5.84 Å². The number of rotatable bonds is 1. The van der Waals surface area contributed by atoms with Crippen LogP contribution in [0.25, 0.3) is 0 Å². The second-order valence-electron chi connectivity index (χ2n) is 3.34. The first kappa shape index (κ1) is 12.5. The molecule has 0 aliphatic heterocycles. The molecule has 1 saturated carbocycles. The molecular weight excluding hydrogens is 160 g/mol. The fourth-order valence-electron chi connectivity index (χ4n) is 1.76. The average Bonchev–Trinajstić information content (AvgIpc) is 2.48. The minimum atomic E-state index is 0.586. The largest absolute Gasteiger partial charge is 0.387 e. The molecule has 0 radical (unpaired) electrons. The van der Waals surface area contributed by atoms with Crippen molar-refractivity contribution in [3.8, 4) is 0 Å². The summed E-state index contributed by atoms with van der Waals surface area (Å²) in [6, 6.07) is 0. The Labute approximate surface area is 82.6 Å². The van der Waals surface area contributed by atoms with E-state index in [1.807, 2.05) is 13.8 Å². The summed E-state index contributed by atoms with van der Waals surface area (Å²) >= 11 is 0. The van der Waals surface area contributed by atoms with Gasteiger partial charge in [0.25, 0.3) is 0 Å². The van der Waals surface area contributed by atoms with E-state index in [0.29, 0.717) is 5.92 Å². The second kappa shape index (κ2) is 8.09. The van der Waals surface area contributed by atoms with Crippen LogP contribution in [0.15, 0.2) is 4.99 Å². The molecule has 1 fully saturated rings. The Morgan fingerprint density at radius 2 is 1.54 bits per heavy atom. The van der Waals surface area contributed by atoms with Gasteiger partial charge in [-0.2, -0.15) is 0 Å². The molecule has 0 spiro atoms. The maximum atomic E-state index is 5.77. The summed E-state index contributed by atoms with van der Waals surface area (Å²) in [4.78, 5) is 4.05. The first-order chi connectivity index (χ1) is 6.34. The van der Waals surface area contributed by atoms with Crippen LogP contribution in [0.3, 0.4) is 0 Å². The van der Waals surface area contributed by atoms with Gasteiger partial charge in [-0.15, -0.1) is 0 Å². The zero-order valence-electron chi connectivity index (χ0n) is 9.34. The lowest BCUT2D eigenvalue weighted by molar-refractivity contribution is 0.586. The van der Waals surface area contributed by atoms with Crippen LogP contribution in [0.2, 0.25) is 0 Å². The fourth-order valence-corrected chi connectivity index (χ4v) is 1.76. The van der Waals surface area contributed by atoms with E-state index in [1.54, 1.807) is 7.05 Å². The quantitative estimate of drug-likeness (QED) is 0.380. The fraction of sp³-hybridized carbons (Fsp3) is 0.909. The molecule has 2 nitrogen and oxygen atoms in total. The molecule has 0 atom stereocenters. The third kappa shape index (κ3) is 4.91. The van der Waals surface area contributed by atoms with Crippen molar-refractivity contribution in [2.24, 2.45) is 16.6 Å². The average molecular weight is 184 g/mol. The predicted octanol–water partition coefficient (Wildman–Crippen LogP) is 2.97. The highest BCUT2D eigenvalue weighted by Crippen LogP contribution is 2.22. The Kier molecular flexibility index (Phi) is 7.76. The minimum Gasteiger partial charge on any atom is -0.387 e. The Morgan fingerprint density at radius 3 is 1.92 bits per heavy atom. The van der Waals surface area contributed by atoms with Gasteiger partial charge in [0.1, 0.15) is 0 Å². The molecule has 78 valence electrons. The first-order valence-electron chi connectivity index (χ1n) is 5.56. The Morgan fingerprint density at radius 1 is 1.08 bits per heavy atom. The summed E-state index contributed by atoms with van der Waals surface area (Å²) in [7, 11) is 1.79. The van der Waals surface area contributed by atoms with Gasteiger partial charge in [-0.25, -0.2) is 0 Å². The van der Waals surface area contributed by atoms with Gasteiger partial charge in [0, 0.05) is 13.0 Å². The van der Waals surface area contributed by atoms with Crippen molar-refractivity contribution in [3.63, 3.8) is 0 Å². The standard InChI is InChI=1S/C9H18N2.C2H6/c1-11-9(10)8-6-4-2-3-5-7-8;1-2/h8H,2-7H2,1H3,(H2,10,11);1-2H3. The normalized spacial score (nSPS) is 20.1. The molecule has 1 aliphatic carbocycles. The summed E-state index contributed by atoms with van der Waals surface area (Å²) in [5.41, 5.74) is 5.77. The van der Waals surface area contributed by atoms with Crippen LogP contribution in [0.1, 0.15) is 52.4 Å². The third-order valence-electron chi connectivity index (χ3n) is 2.53. The molecule has 0 aromatic heterocycles. The van der Waals surface area contributed by atoms with Crippen molar-refractivity contribution in [2.75, 3.05) is 7.05 Å². The summed E-state index contributed by atoms with van der Waals surface area (Å²) in [6.45, 7) is 4.00. The van der Waals surface area contributed by atoms with E-state index in [-0.39, 0.29) is 0 Å². The molecule has 0 heterocycles. The first-order valence-corrected chi connectivity index (χ1v) is 5.56. The number of amidine groups is 1. The van der Waals surface area contributed by atoms with Gasteiger partial charge in [-0.3, -0.25) is 4.99 Å². The van der Waals surface area contributed by atoms with Crippen LogP contribution < -0.4 is 5.73 Å². The van der Waals surface area contributed by atoms with Crippen LogP contribution in [0.4, 0.5) is 0 Å². The molecule has 0 saturated heterocycles. The Balaban J connectivity index is 0.000000671. The SMILES string of the molecule is CC.CN=C(N)C1CCCCCC1. The van der Waals surface area contributed by atoms with Crippen molar-refractivity contribution >= 4 is 5.84 Å². The topological polar surface area (TPSA) is 38.4 Å². The van der Waals surface area contributed by atoms with Crippen LogP contribution in [-0.2, 0) is 0 Å². The Hall–Kier alpha value is -0.530. The van der Waals surface area contributed by atoms with Crippen molar-refractivity contribution < 1.29 is 0 Å². The van der Waals surface area contributed by atoms with E-state index in [9.17, 15) is 0 Å². The molecule has 0 aromatic rings. The van der Waals surface area contributed by atoms with E-state index < -0.39 is 0 Å². The van der Waals surface area contributed by atoms with Crippen molar-refractivity contribution in [1.82, 2.24) is 0 Å². The molecule has 1 aliphatic rings. The van der Waals surface area contributed by atoms with Gasteiger partial charge in [-0.1, -0.05) is 39.5 Å². The van der Waals surface area contributed by atoms with E-state index in [1.165, 1.54) is 38.5 Å². The highest BCUT2D eigenvalue weighted by atomic mass is 14.8. The van der Waals surface area contributed by atoms with Gasteiger partial charge in [-0.05, 0) is 12.8 Å². The van der Waals surface area contributed by atoms with Crippen molar-refractivity contribution in [1.29, 1.82) is 0 Å². The summed E-state index contributed by atoms with van der Waals surface area (Å²) < 4.78 is 0. The lowest BCUT2D eigenvalue weighted by atomic mass is 9.99. The van der Waals surface area contributed by atoms with Gasteiger partial charge < -0.3 is 5.73 Å². The molecular formula is C11H24N2. The van der Waals surface area contributed by atoms with E-state index in [4.69, 9.17) is 5.73 Å². The number of nitrogens with zero attached hydrogens (tertiary/aromatic N) is 1. The van der Waals surface area contributed by atoms with Crippen LogP contribution in [-0.4, -0.2) is 12.9 Å². The molecule has 1 rings (SSSR count). The summed E-state index contributed by atoms with van der Waals surface area (Å²) in [6.07, 6.45) is 7.94. The van der Waals surface area contributed by atoms with E-state index >= 15 is 0 Å². The number of nitrogens with two attached hydrogens (primary N) is 1. The lowest BCUT2D eigenvalue weighted by Crippen LogP contribution is -2.22. The van der Waals surface area contributed by atoms with Crippen LogP contribution in [0, 0.1) is 5.92 Å². The number of hydrogen-bond donors (Lipinski definition) is 1. The van der Waals surface area contributed by atoms with E-state index in [2.05, 4.69) is 4.99 Å². The highest BCUT2D eigenvalue weighted by Gasteiger charge is 2.14. The van der Waals surface area contributed by atoms with Gasteiger partial charge >= 0.3 is 0 Å². The highest BCUT2D eigenvalue weighted by molar-refractivity contribution is 5.82. The van der Waals surface area contributed by atoms with Crippen LogP contribution >= 0.6 is 0 Å². The zero-order chi connectivity index (χ0) is 10.1. The minimum absolute atomic E-state index is 0.586. The molecule has 0 amide bonds. The smallest absolute Gasteiger partial charge is 0.0964 e. The molecule has 0 bridgehead atoms. The third-order valence-corrected chi connectivity index (χ3v) is 2.53. The van der Waals surface area contributed by atoms with Crippen LogP contribution in [0.5, 0.6) is 0 Å². The lowest BCUT2D eigenvalue weighted by Gasteiger charge is -2.11. The molecule has 0 unspecified atom stereocenters. The maximum Gasteiger partial charge on any atom is 0.0964 e. The van der Waals surface area contributed by atoms with Crippen molar-refractivity contribution in [3.05, 3.63) is 0 Å². The molecule has 2 N–H and O–H groups in total. The summed E-state index contributed by atoms with van der Waals surface area (Å²) in [5, 5.41) is 0. The second-order valence-corrected chi connectivity index (χ2v) is 3.34. The van der Waals surface area contributed by atoms with Crippen molar-refractivity contribution in [2.45, 2.75) is 52.4 Å².